The molecule has 4 heteroatoms. The van der Waals surface area contributed by atoms with E-state index < -0.39 is 0 Å². The van der Waals surface area contributed by atoms with E-state index in [9.17, 15) is 4.79 Å². The highest BCUT2D eigenvalue weighted by atomic mass is 32.1. The lowest BCUT2D eigenvalue weighted by Crippen LogP contribution is -2.43. The van der Waals surface area contributed by atoms with Gasteiger partial charge in [-0.2, -0.15) is 0 Å². The predicted molar refractivity (Wildman–Crippen MR) is 76.7 cm³/mol. The molecule has 3 nitrogen and oxygen atoms in total. The van der Waals surface area contributed by atoms with Gasteiger partial charge in [-0.3, -0.25) is 4.79 Å². The van der Waals surface area contributed by atoms with Gasteiger partial charge >= 0.3 is 0 Å². The van der Waals surface area contributed by atoms with Crippen molar-refractivity contribution in [3.63, 3.8) is 0 Å². The monoisotopic (exact) mass is 264 g/mol. The minimum Gasteiger partial charge on any atom is -0.346 e. The summed E-state index contributed by atoms with van der Waals surface area (Å²) in [5.74, 6) is 5.65. The molecule has 0 saturated carbocycles. The molecule has 0 bridgehead atoms. The smallest absolute Gasteiger partial charge is 0.263 e. The van der Waals surface area contributed by atoms with Crippen molar-refractivity contribution in [3.05, 3.63) is 21.9 Å². The molecule has 0 unspecified atom stereocenters. The number of amides is 1. The Kier molecular flexibility index (Phi) is 5.39. The molecule has 0 saturated heterocycles. The Hall–Kier alpha value is -1.31. The Morgan fingerprint density at radius 1 is 1.56 bits per heavy atom. The fourth-order valence-corrected chi connectivity index (χ4v) is 2.53. The molecule has 18 heavy (non-hydrogen) atoms. The maximum Gasteiger partial charge on any atom is 0.263 e. The Bertz CT molecular complexity index is 466. The fourth-order valence-electron chi connectivity index (χ4n) is 1.78. The van der Waals surface area contributed by atoms with Gasteiger partial charge in [0.15, 0.2) is 0 Å². The molecule has 1 aromatic rings. The first-order chi connectivity index (χ1) is 8.50. The lowest BCUT2D eigenvalue weighted by atomic mass is 9.99. The molecule has 0 spiro atoms. The van der Waals surface area contributed by atoms with Crippen LogP contribution in [0.4, 0.5) is 0 Å². The van der Waals surface area contributed by atoms with Gasteiger partial charge in [0.1, 0.15) is 4.88 Å². The summed E-state index contributed by atoms with van der Waals surface area (Å²) in [5.41, 5.74) is 5.92. The summed E-state index contributed by atoms with van der Waals surface area (Å²) in [5, 5.41) is 4.93. The second-order valence-corrected chi connectivity index (χ2v) is 5.67. The predicted octanol–water partition coefficient (Wildman–Crippen LogP) is 2.37. The molecule has 0 aliphatic carbocycles. The van der Waals surface area contributed by atoms with Crippen LogP contribution in [-0.4, -0.2) is 18.0 Å². The van der Waals surface area contributed by atoms with E-state index >= 15 is 0 Å². The number of carbonyl (C=O) groups excluding carboxylic acids is 1. The van der Waals surface area contributed by atoms with Crippen LogP contribution in [0.1, 0.15) is 48.8 Å². The third-order valence-corrected chi connectivity index (χ3v) is 3.44. The van der Waals surface area contributed by atoms with Crippen LogP contribution in [0.3, 0.4) is 0 Å². The third-order valence-electron chi connectivity index (χ3n) is 2.52. The van der Waals surface area contributed by atoms with Gasteiger partial charge in [-0.05, 0) is 31.7 Å². The van der Waals surface area contributed by atoms with Crippen molar-refractivity contribution in [1.82, 2.24) is 5.32 Å². The molecule has 1 amide bonds. The Morgan fingerprint density at radius 2 is 2.28 bits per heavy atom. The van der Waals surface area contributed by atoms with Crippen LogP contribution < -0.4 is 11.1 Å². The van der Waals surface area contributed by atoms with Gasteiger partial charge in [-0.15, -0.1) is 11.3 Å². The first kappa shape index (κ1) is 14.7. The molecule has 0 aliphatic rings. The maximum atomic E-state index is 12.2. The van der Waals surface area contributed by atoms with Crippen LogP contribution >= 0.6 is 11.3 Å². The van der Waals surface area contributed by atoms with Crippen molar-refractivity contribution < 1.29 is 4.79 Å². The molecule has 1 heterocycles. The zero-order chi connectivity index (χ0) is 13.6. The molecule has 0 aliphatic heterocycles. The summed E-state index contributed by atoms with van der Waals surface area (Å²) in [7, 11) is 0. The van der Waals surface area contributed by atoms with Gasteiger partial charge in [0.2, 0.25) is 0 Å². The van der Waals surface area contributed by atoms with Crippen LogP contribution in [0.5, 0.6) is 0 Å². The summed E-state index contributed by atoms with van der Waals surface area (Å²) in [6.07, 6.45) is 1.99. The second-order valence-electron chi connectivity index (χ2n) is 4.76. The quantitative estimate of drug-likeness (QED) is 0.820. The van der Waals surface area contributed by atoms with Crippen molar-refractivity contribution in [2.24, 2.45) is 5.73 Å². The van der Waals surface area contributed by atoms with E-state index in [1.807, 2.05) is 25.3 Å². The van der Waals surface area contributed by atoms with Crippen LogP contribution in [0.2, 0.25) is 0 Å². The van der Waals surface area contributed by atoms with Gasteiger partial charge in [-0.25, -0.2) is 0 Å². The molecule has 3 N–H and O–H groups in total. The highest BCUT2D eigenvalue weighted by Crippen LogP contribution is 2.18. The highest BCUT2D eigenvalue weighted by Gasteiger charge is 2.22. The normalized spacial score (nSPS) is 10.7. The fraction of sp³-hybridized carbons (Fsp3) is 0.500. The molecular weight excluding hydrogens is 244 g/mol. The summed E-state index contributed by atoms with van der Waals surface area (Å²) in [6.45, 7) is 6.48. The first-order valence-electron chi connectivity index (χ1n) is 6.09. The summed E-state index contributed by atoms with van der Waals surface area (Å²) >= 11 is 1.41. The number of hydrogen-bond donors (Lipinski definition) is 2. The van der Waals surface area contributed by atoms with Crippen molar-refractivity contribution in [3.8, 4) is 11.8 Å². The summed E-state index contributed by atoms with van der Waals surface area (Å²) in [4.78, 5) is 12.8. The van der Waals surface area contributed by atoms with E-state index in [2.05, 4.69) is 24.1 Å². The lowest BCUT2D eigenvalue weighted by molar-refractivity contribution is 0.0913. The van der Waals surface area contributed by atoms with Crippen LogP contribution in [0.25, 0.3) is 0 Å². The number of rotatable bonds is 4. The Balaban J connectivity index is 2.82. The third kappa shape index (κ3) is 4.17. The minimum absolute atomic E-state index is 0.0511. The molecule has 0 radical (unpaired) electrons. The van der Waals surface area contributed by atoms with Gasteiger partial charge in [0, 0.05) is 11.1 Å². The van der Waals surface area contributed by atoms with Crippen molar-refractivity contribution in [2.45, 2.75) is 39.2 Å². The molecule has 98 valence electrons. The largest absolute Gasteiger partial charge is 0.346 e. The Morgan fingerprint density at radius 3 is 2.89 bits per heavy atom. The molecular formula is C14H20N2OS. The van der Waals surface area contributed by atoms with E-state index in [1.165, 1.54) is 11.3 Å². The van der Waals surface area contributed by atoms with Gasteiger partial charge in [-0.1, -0.05) is 25.2 Å². The topological polar surface area (TPSA) is 55.1 Å². The number of hydrogen-bond acceptors (Lipinski definition) is 3. The van der Waals surface area contributed by atoms with E-state index in [0.717, 1.165) is 18.4 Å². The minimum atomic E-state index is -0.186. The van der Waals surface area contributed by atoms with Crippen LogP contribution in [-0.2, 0) is 0 Å². The standard InChI is InChI=1S/C14H20N2OS/c1-4-8-14(2,3)16-13(17)12-11(6-5-9-15)7-10-18-12/h7,10H,4,8-9,15H2,1-3H3,(H,16,17). The Labute approximate surface area is 113 Å². The summed E-state index contributed by atoms with van der Waals surface area (Å²) in [6, 6.07) is 1.86. The average molecular weight is 264 g/mol. The molecule has 1 aromatic heterocycles. The van der Waals surface area contributed by atoms with E-state index in [0.29, 0.717) is 11.4 Å². The average Bonchev–Trinajstić information content (AvgIpc) is 2.73. The molecule has 0 atom stereocenters. The number of nitrogens with one attached hydrogen (secondary N) is 1. The lowest BCUT2D eigenvalue weighted by Gasteiger charge is -2.25. The van der Waals surface area contributed by atoms with Gasteiger partial charge in [0.05, 0.1) is 6.54 Å². The maximum absolute atomic E-state index is 12.2. The first-order valence-corrected chi connectivity index (χ1v) is 6.97. The van der Waals surface area contributed by atoms with Gasteiger partial charge < -0.3 is 11.1 Å². The number of nitrogens with two attached hydrogens (primary N) is 1. The summed E-state index contributed by atoms with van der Waals surface area (Å²) < 4.78 is 0. The van der Waals surface area contributed by atoms with E-state index in [1.54, 1.807) is 0 Å². The second kappa shape index (κ2) is 6.58. The van der Waals surface area contributed by atoms with Gasteiger partial charge in [0.25, 0.3) is 5.91 Å². The van der Waals surface area contributed by atoms with Crippen molar-refractivity contribution in [1.29, 1.82) is 0 Å². The SMILES string of the molecule is CCCC(C)(C)NC(=O)c1sccc1C#CCN. The zero-order valence-electron chi connectivity index (χ0n) is 11.2. The van der Waals surface area contributed by atoms with Crippen LogP contribution in [0, 0.1) is 11.8 Å². The molecule has 0 aromatic carbocycles. The number of carbonyl (C=O) groups is 1. The highest BCUT2D eigenvalue weighted by molar-refractivity contribution is 7.12. The van der Waals surface area contributed by atoms with Crippen molar-refractivity contribution in [2.75, 3.05) is 6.54 Å². The molecule has 0 fully saturated rings. The zero-order valence-corrected chi connectivity index (χ0v) is 12.0. The van der Waals surface area contributed by atoms with E-state index in [4.69, 9.17) is 5.73 Å². The number of thiophene rings is 1. The van der Waals surface area contributed by atoms with Crippen molar-refractivity contribution >= 4 is 17.2 Å². The van der Waals surface area contributed by atoms with Crippen LogP contribution in [0.15, 0.2) is 11.4 Å². The molecule has 1 rings (SSSR count). The van der Waals surface area contributed by atoms with E-state index in [-0.39, 0.29) is 11.4 Å².